The van der Waals surface area contributed by atoms with Gasteiger partial charge in [-0.3, -0.25) is 0 Å². The lowest BCUT2D eigenvalue weighted by Crippen LogP contribution is -2.37. The van der Waals surface area contributed by atoms with Crippen molar-refractivity contribution in [2.75, 3.05) is 7.11 Å². The van der Waals surface area contributed by atoms with E-state index in [-0.39, 0.29) is 24.0 Å². The highest BCUT2D eigenvalue weighted by Gasteiger charge is 2.08. The Balaban J connectivity index is 0.00000320. The lowest BCUT2D eigenvalue weighted by molar-refractivity contribution is 0.408. The summed E-state index contributed by atoms with van der Waals surface area (Å²) in [6, 6.07) is 16.4. The van der Waals surface area contributed by atoms with E-state index < -0.39 is 0 Å². The minimum Gasteiger partial charge on any atom is -0.496 e. The number of hydrogen-bond acceptors (Lipinski definition) is 4. The second kappa shape index (κ2) is 11.5. The second-order valence-corrected chi connectivity index (χ2v) is 6.90. The average molecular weight is 520 g/mol. The van der Waals surface area contributed by atoms with Crippen molar-refractivity contribution in [1.29, 1.82) is 0 Å². The van der Waals surface area contributed by atoms with Crippen LogP contribution in [0.15, 0.2) is 53.5 Å². The van der Waals surface area contributed by atoms with Crippen molar-refractivity contribution in [3.8, 4) is 5.75 Å². The highest BCUT2D eigenvalue weighted by atomic mass is 127. The van der Waals surface area contributed by atoms with Crippen LogP contribution >= 0.6 is 24.0 Å². The maximum atomic E-state index is 5.51. The number of ether oxygens (including phenoxy) is 1. The van der Waals surface area contributed by atoms with Gasteiger partial charge in [0, 0.05) is 19.2 Å². The van der Waals surface area contributed by atoms with Gasteiger partial charge in [-0.15, -0.1) is 34.2 Å². The normalized spacial score (nSPS) is 11.0. The van der Waals surface area contributed by atoms with Gasteiger partial charge < -0.3 is 19.9 Å². The first-order chi connectivity index (χ1) is 14.1. The number of guanidine groups is 1. The summed E-state index contributed by atoms with van der Waals surface area (Å²) in [5.74, 6) is 3.30. The van der Waals surface area contributed by atoms with E-state index in [4.69, 9.17) is 9.73 Å². The smallest absolute Gasteiger partial charge is 0.192 e. The molecule has 8 heteroatoms. The molecule has 0 atom stereocenters. The number of rotatable bonds is 7. The van der Waals surface area contributed by atoms with Crippen molar-refractivity contribution in [2.24, 2.45) is 12.0 Å². The fourth-order valence-corrected chi connectivity index (χ4v) is 2.87. The Labute approximate surface area is 195 Å². The van der Waals surface area contributed by atoms with Crippen LogP contribution in [0.2, 0.25) is 0 Å². The Bertz CT molecular complexity index is 971. The summed E-state index contributed by atoms with van der Waals surface area (Å²) < 4.78 is 7.48. The van der Waals surface area contributed by atoms with E-state index in [0.29, 0.717) is 25.6 Å². The number of benzene rings is 2. The Morgan fingerprint density at radius 2 is 1.77 bits per heavy atom. The van der Waals surface area contributed by atoms with E-state index in [2.05, 4.69) is 52.0 Å². The maximum absolute atomic E-state index is 5.51. The molecule has 2 aromatic carbocycles. The largest absolute Gasteiger partial charge is 0.496 e. The molecular formula is C22H29IN6O. The molecule has 0 amide bonds. The molecule has 0 radical (unpaired) electrons. The van der Waals surface area contributed by atoms with Crippen molar-refractivity contribution in [3.63, 3.8) is 0 Å². The Morgan fingerprint density at radius 3 is 2.43 bits per heavy atom. The van der Waals surface area contributed by atoms with Gasteiger partial charge in [0.2, 0.25) is 0 Å². The molecule has 3 rings (SSSR count). The van der Waals surface area contributed by atoms with Gasteiger partial charge in [0.05, 0.1) is 20.2 Å². The van der Waals surface area contributed by atoms with Crippen LogP contribution in [0.25, 0.3) is 0 Å². The third kappa shape index (κ3) is 6.45. The summed E-state index contributed by atoms with van der Waals surface area (Å²) in [5, 5.41) is 15.1. The summed E-state index contributed by atoms with van der Waals surface area (Å²) in [6.07, 6.45) is 0. The Kier molecular flexibility index (Phi) is 9.10. The molecule has 0 bridgehead atoms. The van der Waals surface area contributed by atoms with E-state index in [9.17, 15) is 0 Å². The second-order valence-electron chi connectivity index (χ2n) is 6.90. The predicted molar refractivity (Wildman–Crippen MR) is 130 cm³/mol. The number of nitrogens with one attached hydrogen (secondary N) is 2. The zero-order valence-electron chi connectivity index (χ0n) is 17.8. The Morgan fingerprint density at radius 1 is 1.03 bits per heavy atom. The van der Waals surface area contributed by atoms with E-state index in [1.165, 1.54) is 5.56 Å². The van der Waals surface area contributed by atoms with Gasteiger partial charge in [0.1, 0.15) is 11.6 Å². The molecule has 2 N–H and O–H groups in total. The molecule has 7 nitrogen and oxygen atoms in total. The molecule has 0 aliphatic rings. The first kappa shape index (κ1) is 23.7. The first-order valence-electron chi connectivity index (χ1n) is 9.61. The molecule has 160 valence electrons. The predicted octanol–water partition coefficient (Wildman–Crippen LogP) is 3.49. The van der Waals surface area contributed by atoms with Crippen LogP contribution in [0.5, 0.6) is 5.75 Å². The molecule has 0 unspecified atom stereocenters. The molecule has 0 aliphatic carbocycles. The molecular weight excluding hydrogens is 491 g/mol. The molecule has 1 heterocycles. The number of nitrogens with zero attached hydrogens (tertiary/aromatic N) is 4. The summed E-state index contributed by atoms with van der Waals surface area (Å²) in [4.78, 5) is 4.73. The molecule has 0 saturated carbocycles. The van der Waals surface area contributed by atoms with Gasteiger partial charge in [-0.25, -0.2) is 4.99 Å². The van der Waals surface area contributed by atoms with Crippen LogP contribution in [0.1, 0.15) is 28.3 Å². The number of aromatic nitrogens is 3. The van der Waals surface area contributed by atoms with Crippen LogP contribution in [-0.2, 0) is 26.7 Å². The molecule has 1 aromatic heterocycles. The highest BCUT2D eigenvalue weighted by Crippen LogP contribution is 2.19. The highest BCUT2D eigenvalue weighted by molar-refractivity contribution is 14.0. The molecule has 0 saturated heterocycles. The lowest BCUT2D eigenvalue weighted by Gasteiger charge is -2.15. The minimum absolute atomic E-state index is 0. The van der Waals surface area contributed by atoms with Gasteiger partial charge >= 0.3 is 0 Å². The number of methoxy groups -OCH3 is 1. The van der Waals surface area contributed by atoms with Crippen LogP contribution in [0, 0.1) is 13.8 Å². The molecule has 0 spiro atoms. The molecule has 3 aromatic rings. The van der Waals surface area contributed by atoms with Gasteiger partial charge in [-0.05, 0) is 31.0 Å². The zero-order chi connectivity index (χ0) is 20.6. The standard InChI is InChI=1S/C22H28N6O.HI/c1-16-10-11-19(20(12-16)29-4)14-24-22(23-13-18-8-6-5-7-9-18)25-15-21-27-26-17(2)28(21)3;/h5-12H,13-15H2,1-4H3,(H2,23,24,25);1H. The summed E-state index contributed by atoms with van der Waals surface area (Å²) in [7, 11) is 3.65. The van der Waals surface area contributed by atoms with Gasteiger partial charge in [-0.1, -0.05) is 42.5 Å². The van der Waals surface area contributed by atoms with E-state index in [1.807, 2.05) is 42.8 Å². The zero-order valence-corrected chi connectivity index (χ0v) is 20.2. The number of aliphatic imine (C=N–C) groups is 1. The minimum atomic E-state index is 0. The third-order valence-electron chi connectivity index (χ3n) is 4.75. The van der Waals surface area contributed by atoms with E-state index in [0.717, 1.165) is 28.5 Å². The van der Waals surface area contributed by atoms with E-state index in [1.54, 1.807) is 7.11 Å². The maximum Gasteiger partial charge on any atom is 0.192 e. The number of halogens is 1. The number of hydrogen-bond donors (Lipinski definition) is 2. The van der Waals surface area contributed by atoms with Crippen LogP contribution < -0.4 is 15.4 Å². The summed E-state index contributed by atoms with van der Waals surface area (Å²) >= 11 is 0. The SMILES string of the molecule is COc1cc(C)ccc1CNC(=NCc1ccccc1)NCc1nnc(C)n1C.I. The molecule has 0 aliphatic heterocycles. The summed E-state index contributed by atoms with van der Waals surface area (Å²) in [6.45, 7) is 5.70. The van der Waals surface area contributed by atoms with Crippen molar-refractivity contribution in [3.05, 3.63) is 76.9 Å². The van der Waals surface area contributed by atoms with Crippen molar-refractivity contribution in [2.45, 2.75) is 33.5 Å². The topological polar surface area (TPSA) is 76.4 Å². The van der Waals surface area contributed by atoms with Gasteiger partial charge in [-0.2, -0.15) is 0 Å². The number of aryl methyl sites for hydroxylation is 2. The Hall–Kier alpha value is -2.62. The summed E-state index contributed by atoms with van der Waals surface area (Å²) in [5.41, 5.74) is 3.39. The molecule has 30 heavy (non-hydrogen) atoms. The fraction of sp³-hybridized carbons (Fsp3) is 0.318. The first-order valence-corrected chi connectivity index (χ1v) is 9.61. The van der Waals surface area contributed by atoms with Crippen LogP contribution in [-0.4, -0.2) is 27.8 Å². The van der Waals surface area contributed by atoms with Crippen molar-refractivity contribution < 1.29 is 4.74 Å². The molecule has 0 fully saturated rings. The van der Waals surface area contributed by atoms with Crippen LogP contribution in [0.3, 0.4) is 0 Å². The monoisotopic (exact) mass is 520 g/mol. The third-order valence-corrected chi connectivity index (χ3v) is 4.75. The van der Waals surface area contributed by atoms with Gasteiger partial charge in [0.25, 0.3) is 0 Å². The lowest BCUT2D eigenvalue weighted by atomic mass is 10.1. The van der Waals surface area contributed by atoms with Gasteiger partial charge in [0.15, 0.2) is 11.8 Å². The average Bonchev–Trinajstić information content (AvgIpc) is 3.06. The van der Waals surface area contributed by atoms with E-state index >= 15 is 0 Å². The van der Waals surface area contributed by atoms with Crippen LogP contribution in [0.4, 0.5) is 0 Å². The van der Waals surface area contributed by atoms with Crippen molar-refractivity contribution >= 4 is 29.9 Å². The quantitative estimate of drug-likeness (QED) is 0.284. The fourth-order valence-electron chi connectivity index (χ4n) is 2.87. The van der Waals surface area contributed by atoms with Crippen molar-refractivity contribution in [1.82, 2.24) is 25.4 Å².